The third-order valence-electron chi connectivity index (χ3n) is 3.28. The summed E-state index contributed by atoms with van der Waals surface area (Å²) in [5.41, 5.74) is -0.691. The summed E-state index contributed by atoms with van der Waals surface area (Å²) in [7, 11) is 1.64. The van der Waals surface area contributed by atoms with Crippen LogP contribution in [0.15, 0.2) is 0 Å². The second-order valence-corrected chi connectivity index (χ2v) is 5.14. The zero-order valence-corrected chi connectivity index (χ0v) is 10.7. The average Bonchev–Trinajstić information content (AvgIpc) is 2.26. The molecule has 0 aromatic carbocycles. The van der Waals surface area contributed by atoms with Gasteiger partial charge < -0.3 is 14.7 Å². The lowest BCUT2D eigenvalue weighted by Gasteiger charge is -2.37. The van der Waals surface area contributed by atoms with Crippen LogP contribution < -0.4 is 0 Å². The highest BCUT2D eigenvalue weighted by Gasteiger charge is 2.34. The average molecular weight is 243 g/mol. The zero-order chi connectivity index (χ0) is 13.1. The Morgan fingerprint density at radius 1 is 1.41 bits per heavy atom. The number of carboxylic acids is 1. The molecule has 0 saturated carbocycles. The highest BCUT2D eigenvalue weighted by molar-refractivity contribution is 5.82. The third-order valence-corrected chi connectivity index (χ3v) is 3.28. The van der Waals surface area contributed by atoms with Gasteiger partial charge in [-0.05, 0) is 33.1 Å². The molecule has 1 atom stereocenters. The molecule has 5 nitrogen and oxygen atoms in total. The number of carbonyl (C=O) groups excluding carboxylic acids is 1. The summed E-state index contributed by atoms with van der Waals surface area (Å²) >= 11 is 0. The molecule has 1 aliphatic rings. The van der Waals surface area contributed by atoms with Gasteiger partial charge in [-0.15, -0.1) is 0 Å². The molecule has 1 aliphatic heterocycles. The van der Waals surface area contributed by atoms with E-state index in [2.05, 4.69) is 0 Å². The van der Waals surface area contributed by atoms with Crippen LogP contribution in [0.25, 0.3) is 0 Å². The molecule has 5 heteroatoms. The van der Waals surface area contributed by atoms with Gasteiger partial charge in [0.1, 0.15) is 6.10 Å². The van der Waals surface area contributed by atoms with Crippen LogP contribution in [0.5, 0.6) is 0 Å². The molecule has 1 heterocycles. The van der Waals surface area contributed by atoms with Gasteiger partial charge in [-0.25, -0.2) is 0 Å². The second kappa shape index (κ2) is 5.49. The molecule has 1 unspecified atom stereocenters. The van der Waals surface area contributed by atoms with E-state index < -0.39 is 17.6 Å². The number of amides is 1. The number of aliphatic carboxylic acids is 1. The van der Waals surface area contributed by atoms with Crippen molar-refractivity contribution in [3.05, 3.63) is 0 Å². The quantitative estimate of drug-likeness (QED) is 0.807. The van der Waals surface area contributed by atoms with Crippen LogP contribution in [0.1, 0.15) is 39.5 Å². The third kappa shape index (κ3) is 3.70. The second-order valence-electron chi connectivity index (χ2n) is 5.14. The molecular formula is C12H21NO4. The number of ether oxygens (including phenoxy) is 1. The van der Waals surface area contributed by atoms with Crippen molar-refractivity contribution in [1.82, 2.24) is 4.90 Å². The van der Waals surface area contributed by atoms with Crippen molar-refractivity contribution in [2.75, 3.05) is 13.7 Å². The first kappa shape index (κ1) is 14.0. The maximum atomic E-state index is 12.1. The van der Waals surface area contributed by atoms with Crippen LogP contribution in [-0.2, 0) is 14.3 Å². The monoisotopic (exact) mass is 243 g/mol. The number of carbonyl (C=O) groups is 2. The molecule has 0 spiro atoms. The summed E-state index contributed by atoms with van der Waals surface area (Å²) in [6.45, 7) is 4.12. The van der Waals surface area contributed by atoms with Crippen molar-refractivity contribution in [3.8, 4) is 0 Å². The molecule has 0 bridgehead atoms. The first-order chi connectivity index (χ1) is 7.84. The minimum absolute atomic E-state index is 0.0675. The van der Waals surface area contributed by atoms with Crippen molar-refractivity contribution in [2.45, 2.75) is 51.2 Å². The van der Waals surface area contributed by atoms with Crippen molar-refractivity contribution in [3.63, 3.8) is 0 Å². The van der Waals surface area contributed by atoms with Gasteiger partial charge in [-0.3, -0.25) is 9.59 Å². The number of hydrogen-bond acceptors (Lipinski definition) is 3. The van der Waals surface area contributed by atoms with Crippen molar-refractivity contribution >= 4 is 11.9 Å². The molecule has 17 heavy (non-hydrogen) atoms. The lowest BCUT2D eigenvalue weighted by Crippen LogP contribution is -2.51. The standard InChI is InChI=1S/C12H21NO4/c1-12(2,8-10(14)15)13(3)11(16)9-6-4-5-7-17-9/h9H,4-8H2,1-3H3,(H,14,15). The SMILES string of the molecule is CN(C(=O)C1CCCCO1)C(C)(C)CC(=O)O. The summed E-state index contributed by atoms with van der Waals surface area (Å²) in [6.07, 6.45) is 2.24. The van der Waals surface area contributed by atoms with Gasteiger partial charge in [0, 0.05) is 19.2 Å². The van der Waals surface area contributed by atoms with E-state index in [0.29, 0.717) is 6.61 Å². The molecule has 1 fully saturated rings. The van der Waals surface area contributed by atoms with E-state index in [1.54, 1.807) is 20.9 Å². The molecular weight excluding hydrogens is 222 g/mol. The van der Waals surface area contributed by atoms with Crippen molar-refractivity contribution < 1.29 is 19.4 Å². The lowest BCUT2D eigenvalue weighted by molar-refractivity contribution is -0.152. The highest BCUT2D eigenvalue weighted by atomic mass is 16.5. The summed E-state index contributed by atoms with van der Waals surface area (Å²) in [6, 6.07) is 0. The Labute approximate surface area is 102 Å². The van der Waals surface area contributed by atoms with E-state index >= 15 is 0 Å². The van der Waals surface area contributed by atoms with Gasteiger partial charge in [0.05, 0.1) is 6.42 Å². The van der Waals surface area contributed by atoms with Crippen LogP contribution in [0, 0.1) is 0 Å². The molecule has 0 aromatic heterocycles. The number of rotatable bonds is 4. The molecule has 0 aliphatic carbocycles. The summed E-state index contributed by atoms with van der Waals surface area (Å²) in [5.74, 6) is -1.02. The smallest absolute Gasteiger partial charge is 0.305 e. The number of nitrogens with zero attached hydrogens (tertiary/aromatic N) is 1. The van der Waals surface area contributed by atoms with E-state index in [0.717, 1.165) is 19.3 Å². The number of carboxylic acid groups (broad SMARTS) is 1. The fourth-order valence-corrected chi connectivity index (χ4v) is 1.94. The van der Waals surface area contributed by atoms with Crippen molar-refractivity contribution in [1.29, 1.82) is 0 Å². The summed E-state index contributed by atoms with van der Waals surface area (Å²) in [5, 5.41) is 8.82. The Morgan fingerprint density at radius 2 is 2.06 bits per heavy atom. The first-order valence-corrected chi connectivity index (χ1v) is 5.95. The van der Waals surface area contributed by atoms with Gasteiger partial charge >= 0.3 is 5.97 Å². The van der Waals surface area contributed by atoms with Gasteiger partial charge in [0.25, 0.3) is 5.91 Å². The molecule has 1 rings (SSSR count). The number of hydrogen-bond donors (Lipinski definition) is 1. The first-order valence-electron chi connectivity index (χ1n) is 5.95. The molecule has 1 N–H and O–H groups in total. The van der Waals surface area contributed by atoms with Crippen LogP contribution in [0.4, 0.5) is 0 Å². The Morgan fingerprint density at radius 3 is 2.53 bits per heavy atom. The fraction of sp³-hybridized carbons (Fsp3) is 0.833. The van der Waals surface area contributed by atoms with E-state index in [9.17, 15) is 9.59 Å². The van der Waals surface area contributed by atoms with E-state index in [4.69, 9.17) is 9.84 Å². The highest BCUT2D eigenvalue weighted by Crippen LogP contribution is 2.22. The van der Waals surface area contributed by atoms with Crippen LogP contribution in [-0.4, -0.2) is 47.2 Å². The van der Waals surface area contributed by atoms with Gasteiger partial charge in [0.15, 0.2) is 0 Å². The van der Waals surface area contributed by atoms with Crippen LogP contribution in [0.3, 0.4) is 0 Å². The maximum Gasteiger partial charge on any atom is 0.305 e. The topological polar surface area (TPSA) is 66.8 Å². The summed E-state index contributed by atoms with van der Waals surface area (Å²) in [4.78, 5) is 24.4. The van der Waals surface area contributed by atoms with Crippen molar-refractivity contribution in [2.24, 2.45) is 0 Å². The maximum absolute atomic E-state index is 12.1. The van der Waals surface area contributed by atoms with E-state index in [1.165, 1.54) is 4.90 Å². The predicted molar refractivity (Wildman–Crippen MR) is 62.7 cm³/mol. The van der Waals surface area contributed by atoms with Gasteiger partial charge in [-0.1, -0.05) is 0 Å². The summed E-state index contributed by atoms with van der Waals surface area (Å²) < 4.78 is 5.42. The normalized spacial score (nSPS) is 21.0. The van der Waals surface area contributed by atoms with E-state index in [-0.39, 0.29) is 12.3 Å². The fourth-order valence-electron chi connectivity index (χ4n) is 1.94. The minimum Gasteiger partial charge on any atom is -0.481 e. The van der Waals surface area contributed by atoms with Gasteiger partial charge in [-0.2, -0.15) is 0 Å². The number of likely N-dealkylation sites (N-methyl/N-ethyl adjacent to an activating group) is 1. The Kier molecular flexibility index (Phi) is 4.51. The molecule has 98 valence electrons. The van der Waals surface area contributed by atoms with E-state index in [1.807, 2.05) is 0 Å². The molecule has 0 radical (unpaired) electrons. The Balaban J connectivity index is 2.63. The Bertz CT molecular complexity index is 295. The molecule has 1 amide bonds. The van der Waals surface area contributed by atoms with Gasteiger partial charge in [0.2, 0.25) is 0 Å². The molecule has 1 saturated heterocycles. The molecule has 0 aromatic rings. The largest absolute Gasteiger partial charge is 0.481 e. The van der Waals surface area contributed by atoms with Crippen LogP contribution >= 0.6 is 0 Å². The Hall–Kier alpha value is -1.10. The minimum atomic E-state index is -0.904. The zero-order valence-electron chi connectivity index (χ0n) is 10.7. The lowest BCUT2D eigenvalue weighted by atomic mass is 9.97. The van der Waals surface area contributed by atoms with Crippen LogP contribution in [0.2, 0.25) is 0 Å². The predicted octanol–water partition coefficient (Wildman–Crippen LogP) is 1.27.